The van der Waals surface area contributed by atoms with Crippen LogP contribution < -0.4 is 10.2 Å². The number of hydrogen-bond acceptors (Lipinski definition) is 7. The van der Waals surface area contributed by atoms with Crippen LogP contribution in [-0.4, -0.2) is 66.2 Å². The summed E-state index contributed by atoms with van der Waals surface area (Å²) in [5.41, 5.74) is 2.89. The Morgan fingerprint density at radius 2 is 2.03 bits per heavy atom. The molecule has 196 valence electrons. The van der Waals surface area contributed by atoms with Crippen LogP contribution in [0.25, 0.3) is 10.9 Å². The predicted octanol–water partition coefficient (Wildman–Crippen LogP) is 4.65. The van der Waals surface area contributed by atoms with Crippen LogP contribution in [0.3, 0.4) is 0 Å². The van der Waals surface area contributed by atoms with Gasteiger partial charge in [-0.1, -0.05) is 12.1 Å². The molecule has 1 saturated heterocycles. The number of nitrogens with zero attached hydrogens (tertiary/aromatic N) is 4. The number of aromatic nitrogens is 2. The number of fused-ring (bicyclic) bond motifs is 2. The Bertz CT molecular complexity index is 1230. The second kappa shape index (κ2) is 11.1. The first-order valence-corrected chi connectivity index (χ1v) is 14.6. The smallest absolute Gasteiger partial charge is 0.252 e. The molecule has 1 aromatic carbocycles. The van der Waals surface area contributed by atoms with Gasteiger partial charge >= 0.3 is 0 Å². The molecule has 0 spiro atoms. The molecule has 4 heterocycles. The van der Waals surface area contributed by atoms with E-state index in [9.17, 15) is 4.79 Å². The van der Waals surface area contributed by atoms with Crippen molar-refractivity contribution in [1.29, 1.82) is 0 Å². The fourth-order valence-electron chi connectivity index (χ4n) is 6.18. The second-order valence-electron chi connectivity index (χ2n) is 10.8. The lowest BCUT2D eigenvalue weighted by Crippen LogP contribution is -2.38. The Labute approximate surface area is 223 Å². The van der Waals surface area contributed by atoms with Crippen molar-refractivity contribution in [2.75, 3.05) is 38.2 Å². The van der Waals surface area contributed by atoms with Crippen LogP contribution in [0.5, 0.6) is 0 Å². The van der Waals surface area contributed by atoms with Crippen LogP contribution in [-0.2, 0) is 17.7 Å². The third kappa shape index (κ3) is 5.52. The Hall–Kier alpha value is -2.55. The van der Waals surface area contributed by atoms with Crippen LogP contribution in [0.15, 0.2) is 36.5 Å². The van der Waals surface area contributed by atoms with Crippen LogP contribution in [0.2, 0.25) is 0 Å². The van der Waals surface area contributed by atoms with Crippen molar-refractivity contribution < 1.29 is 9.53 Å². The van der Waals surface area contributed by atoms with Gasteiger partial charge in [-0.2, -0.15) is 0 Å². The fraction of sp³-hybridized carbons (Fsp3) is 0.552. The summed E-state index contributed by atoms with van der Waals surface area (Å²) in [7, 11) is 1.81. The average molecular weight is 520 g/mol. The predicted molar refractivity (Wildman–Crippen MR) is 148 cm³/mol. The van der Waals surface area contributed by atoms with E-state index >= 15 is 0 Å². The van der Waals surface area contributed by atoms with E-state index in [1.54, 1.807) is 6.20 Å². The van der Waals surface area contributed by atoms with Crippen molar-refractivity contribution >= 4 is 33.3 Å². The van der Waals surface area contributed by atoms with Gasteiger partial charge in [0.1, 0.15) is 0 Å². The van der Waals surface area contributed by atoms with Crippen molar-refractivity contribution in [3.63, 3.8) is 0 Å². The maximum absolute atomic E-state index is 13.0. The van der Waals surface area contributed by atoms with Gasteiger partial charge in [0.25, 0.3) is 5.91 Å². The highest BCUT2D eigenvalue weighted by atomic mass is 32.1. The minimum Gasteiger partial charge on any atom is -0.380 e. The number of hydrogen-bond donors (Lipinski definition) is 1. The maximum atomic E-state index is 13.0. The molecule has 6 rings (SSSR count). The van der Waals surface area contributed by atoms with Gasteiger partial charge in [0.15, 0.2) is 5.13 Å². The lowest BCUT2D eigenvalue weighted by atomic mass is 9.84. The number of methoxy groups -OCH3 is 1. The third-order valence-electron chi connectivity index (χ3n) is 8.47. The summed E-state index contributed by atoms with van der Waals surface area (Å²) < 4.78 is 5.54. The van der Waals surface area contributed by atoms with E-state index in [-0.39, 0.29) is 11.9 Å². The summed E-state index contributed by atoms with van der Waals surface area (Å²) in [6, 6.07) is 9.92. The highest BCUT2D eigenvalue weighted by molar-refractivity contribution is 7.15. The van der Waals surface area contributed by atoms with Crippen molar-refractivity contribution in [3.8, 4) is 0 Å². The van der Waals surface area contributed by atoms with Gasteiger partial charge in [0.05, 0.1) is 17.3 Å². The maximum Gasteiger partial charge on any atom is 0.252 e. The van der Waals surface area contributed by atoms with Gasteiger partial charge in [-0.05, 0) is 75.6 Å². The molecule has 0 unspecified atom stereocenters. The molecule has 3 aliphatic rings. The quantitative estimate of drug-likeness (QED) is 0.490. The minimum absolute atomic E-state index is 0.0282. The molecule has 2 aromatic heterocycles. The summed E-state index contributed by atoms with van der Waals surface area (Å²) in [6.07, 6.45) is 10.1. The zero-order chi connectivity index (χ0) is 25.2. The summed E-state index contributed by atoms with van der Waals surface area (Å²) in [6.45, 7) is 5.29. The van der Waals surface area contributed by atoms with E-state index in [0.29, 0.717) is 6.10 Å². The first kappa shape index (κ1) is 24.8. The molecule has 7 nitrogen and oxygen atoms in total. The molecule has 37 heavy (non-hydrogen) atoms. The number of carbonyl (C=O) groups is 1. The van der Waals surface area contributed by atoms with Gasteiger partial charge in [-0.15, -0.1) is 11.3 Å². The highest BCUT2D eigenvalue weighted by Crippen LogP contribution is 2.33. The van der Waals surface area contributed by atoms with Crippen molar-refractivity contribution in [2.45, 2.75) is 63.6 Å². The van der Waals surface area contributed by atoms with Gasteiger partial charge in [-0.25, -0.2) is 4.98 Å². The Morgan fingerprint density at radius 3 is 2.86 bits per heavy atom. The van der Waals surface area contributed by atoms with E-state index in [1.807, 2.05) is 48.8 Å². The molecule has 1 N–H and O–H groups in total. The van der Waals surface area contributed by atoms with Crippen LogP contribution >= 0.6 is 11.3 Å². The van der Waals surface area contributed by atoms with E-state index in [2.05, 4.69) is 20.1 Å². The van der Waals surface area contributed by atoms with E-state index in [1.165, 1.54) is 35.0 Å². The molecule has 0 radical (unpaired) electrons. The lowest BCUT2D eigenvalue weighted by Gasteiger charge is -2.32. The number of thiazole rings is 1. The topological polar surface area (TPSA) is 70.6 Å². The molecule has 1 atom stereocenters. The summed E-state index contributed by atoms with van der Waals surface area (Å²) in [4.78, 5) is 28.9. The number of ether oxygens (including phenoxy) is 1. The number of nitrogens with one attached hydrogen (secondary N) is 1. The molecule has 1 saturated carbocycles. The van der Waals surface area contributed by atoms with Crippen LogP contribution in [0.4, 0.5) is 5.13 Å². The normalized spacial score (nSPS) is 24.4. The van der Waals surface area contributed by atoms with Gasteiger partial charge in [-0.3, -0.25) is 14.7 Å². The Kier molecular flexibility index (Phi) is 7.40. The highest BCUT2D eigenvalue weighted by Gasteiger charge is 2.28. The molecule has 8 heteroatoms. The Morgan fingerprint density at radius 1 is 1.14 bits per heavy atom. The fourth-order valence-corrected chi connectivity index (χ4v) is 7.28. The molecular formula is C29H37N5O2S. The van der Waals surface area contributed by atoms with Crippen LogP contribution in [0, 0.1) is 5.92 Å². The van der Waals surface area contributed by atoms with E-state index in [0.717, 1.165) is 80.8 Å². The van der Waals surface area contributed by atoms with Gasteiger partial charge in [0, 0.05) is 61.4 Å². The molecule has 2 aliphatic heterocycles. The number of benzene rings is 1. The van der Waals surface area contributed by atoms with Crippen molar-refractivity contribution in [3.05, 3.63) is 52.7 Å². The lowest BCUT2D eigenvalue weighted by molar-refractivity contribution is 0.0921. The first-order chi connectivity index (χ1) is 18.2. The summed E-state index contributed by atoms with van der Waals surface area (Å²) in [5.74, 6) is 0.776. The first-order valence-electron chi connectivity index (χ1n) is 13.8. The number of rotatable bonds is 7. The van der Waals surface area contributed by atoms with Crippen LogP contribution in [0.1, 0.15) is 59.5 Å². The van der Waals surface area contributed by atoms with Gasteiger partial charge in [0.2, 0.25) is 0 Å². The molecule has 2 fully saturated rings. The number of amides is 1. The zero-order valence-electron chi connectivity index (χ0n) is 21.7. The van der Waals surface area contributed by atoms with E-state index < -0.39 is 0 Å². The second-order valence-corrected chi connectivity index (χ2v) is 11.9. The molecule has 0 bridgehead atoms. The van der Waals surface area contributed by atoms with Gasteiger partial charge < -0.3 is 15.0 Å². The zero-order valence-corrected chi connectivity index (χ0v) is 22.5. The standard InChI is InChI=1S/C29H37N5O2S/c1-36-22-12-17-34(18-22)29-32-26-19-33(16-13-27(26)37-29)15-11-20-7-9-21(10-8-20)31-28(35)24-4-2-6-25-23(24)5-3-14-30-25/h2-6,14,20-22H,7-13,15-19H2,1H3,(H,31,35)/t20-,21-,22-/m0/s1. The Balaban J connectivity index is 0.959. The summed E-state index contributed by atoms with van der Waals surface area (Å²) >= 11 is 1.89. The summed E-state index contributed by atoms with van der Waals surface area (Å²) in [5, 5.41) is 5.41. The molecule has 1 aliphatic carbocycles. The largest absolute Gasteiger partial charge is 0.380 e. The monoisotopic (exact) mass is 519 g/mol. The minimum atomic E-state index is 0.0282. The molecule has 3 aromatic rings. The van der Waals surface area contributed by atoms with Crippen molar-refractivity contribution in [2.24, 2.45) is 5.92 Å². The number of pyridine rings is 1. The number of anilines is 1. The number of carbonyl (C=O) groups excluding carboxylic acids is 1. The molecule has 1 amide bonds. The average Bonchev–Trinajstić information content (AvgIpc) is 3.59. The third-order valence-corrected chi connectivity index (χ3v) is 9.69. The van der Waals surface area contributed by atoms with Crippen molar-refractivity contribution in [1.82, 2.24) is 20.2 Å². The SMILES string of the molecule is CO[C@H]1CCN(c2nc3c(s2)CCN(CC[C@H]2CC[C@H](NC(=O)c4cccc5ncccc45)CC2)C3)C1. The molecular weight excluding hydrogens is 482 g/mol. The van der Waals surface area contributed by atoms with E-state index in [4.69, 9.17) is 9.72 Å².